The number of nitrogens with zero attached hydrogens (tertiary/aromatic N) is 2. The molecule has 62 valence electrons. The molecule has 0 bridgehead atoms. The van der Waals surface area contributed by atoms with Gasteiger partial charge in [0.1, 0.15) is 6.61 Å². The Kier molecular flexibility index (Phi) is 2.84. The fourth-order valence-corrected chi connectivity index (χ4v) is 0.659. The lowest BCUT2D eigenvalue weighted by Crippen LogP contribution is -2.02. The first-order valence-electron chi connectivity index (χ1n) is 3.28. The summed E-state index contributed by atoms with van der Waals surface area (Å²) < 4.78 is 9.88. The third kappa shape index (κ3) is 2.86. The van der Waals surface area contributed by atoms with Crippen molar-refractivity contribution in [1.29, 1.82) is 0 Å². The van der Waals surface area contributed by atoms with Gasteiger partial charge in [-0.1, -0.05) is 0 Å². The highest BCUT2D eigenvalue weighted by atomic mass is 35.5. The molecule has 0 aliphatic rings. The lowest BCUT2D eigenvalue weighted by atomic mass is 10.5. The molecule has 0 saturated carbocycles. The van der Waals surface area contributed by atoms with Crippen LogP contribution in [0.3, 0.4) is 0 Å². The summed E-state index contributed by atoms with van der Waals surface area (Å²) in [6.45, 7) is 4.17. The second-order valence-electron chi connectivity index (χ2n) is 2.32. The van der Waals surface area contributed by atoms with Crippen LogP contribution in [0, 0.1) is 0 Å². The predicted molar refractivity (Wildman–Crippen MR) is 39.2 cm³/mol. The molecule has 0 aliphatic heterocycles. The Morgan fingerprint density at radius 2 is 2.36 bits per heavy atom. The number of ether oxygens (including phenoxy) is 1. The summed E-state index contributed by atoms with van der Waals surface area (Å²) in [5, 5.41) is 3.51. The zero-order valence-electron chi connectivity index (χ0n) is 6.37. The third-order valence-corrected chi connectivity index (χ3v) is 1.14. The minimum atomic E-state index is 0.118. The van der Waals surface area contributed by atoms with Crippen molar-refractivity contribution in [2.75, 3.05) is 0 Å². The van der Waals surface area contributed by atoms with E-state index in [0.717, 1.165) is 0 Å². The molecule has 1 rings (SSSR count). The fourth-order valence-electron chi connectivity index (χ4n) is 0.531. The summed E-state index contributed by atoms with van der Waals surface area (Å²) in [4.78, 5) is 3.75. The van der Waals surface area contributed by atoms with E-state index in [4.69, 9.17) is 20.9 Å². The second-order valence-corrected chi connectivity index (χ2v) is 2.65. The monoisotopic (exact) mass is 176 g/mol. The SMILES string of the molecule is CC(C)OCc1nc(Cl)no1. The van der Waals surface area contributed by atoms with Crippen molar-refractivity contribution in [3.63, 3.8) is 0 Å². The molecule has 11 heavy (non-hydrogen) atoms. The third-order valence-electron chi connectivity index (χ3n) is 0.983. The van der Waals surface area contributed by atoms with E-state index in [2.05, 4.69) is 10.1 Å². The minimum Gasteiger partial charge on any atom is -0.369 e. The number of aromatic nitrogens is 2. The Bertz CT molecular complexity index is 224. The summed E-state index contributed by atoms with van der Waals surface area (Å²) in [6, 6.07) is 0. The topological polar surface area (TPSA) is 48.2 Å². The van der Waals surface area contributed by atoms with Crippen molar-refractivity contribution in [2.24, 2.45) is 0 Å². The molecule has 0 amide bonds. The van der Waals surface area contributed by atoms with Gasteiger partial charge in [0, 0.05) is 0 Å². The standard InChI is InChI=1S/C6H9ClN2O2/c1-4(2)10-3-5-8-6(7)9-11-5/h4H,3H2,1-2H3. The smallest absolute Gasteiger partial charge is 0.263 e. The van der Waals surface area contributed by atoms with E-state index in [-0.39, 0.29) is 11.4 Å². The van der Waals surface area contributed by atoms with Crippen LogP contribution >= 0.6 is 11.6 Å². The Labute approximate surface area is 69.5 Å². The molecule has 0 spiro atoms. The van der Waals surface area contributed by atoms with Gasteiger partial charge in [0.2, 0.25) is 0 Å². The summed E-state index contributed by atoms with van der Waals surface area (Å²) >= 11 is 5.40. The van der Waals surface area contributed by atoms with E-state index >= 15 is 0 Å². The Balaban J connectivity index is 2.39. The lowest BCUT2D eigenvalue weighted by Gasteiger charge is -2.02. The van der Waals surface area contributed by atoms with E-state index in [9.17, 15) is 0 Å². The first-order valence-corrected chi connectivity index (χ1v) is 3.66. The first-order chi connectivity index (χ1) is 5.18. The van der Waals surface area contributed by atoms with Crippen molar-refractivity contribution in [1.82, 2.24) is 10.1 Å². The van der Waals surface area contributed by atoms with Gasteiger partial charge in [-0.15, -0.1) is 0 Å². The Hall–Kier alpha value is -0.610. The van der Waals surface area contributed by atoms with E-state index in [1.54, 1.807) is 0 Å². The molecule has 0 aromatic carbocycles. The van der Waals surface area contributed by atoms with Crippen molar-refractivity contribution in [3.8, 4) is 0 Å². The van der Waals surface area contributed by atoms with Gasteiger partial charge in [-0.25, -0.2) is 0 Å². The molecule has 5 heteroatoms. The first kappa shape index (κ1) is 8.49. The molecule has 0 aliphatic carbocycles. The zero-order chi connectivity index (χ0) is 8.27. The zero-order valence-corrected chi connectivity index (χ0v) is 7.13. The maximum atomic E-state index is 5.40. The van der Waals surface area contributed by atoms with Gasteiger partial charge in [0.05, 0.1) is 6.10 Å². The van der Waals surface area contributed by atoms with Crippen LogP contribution in [0.1, 0.15) is 19.7 Å². The molecule has 0 atom stereocenters. The van der Waals surface area contributed by atoms with Gasteiger partial charge in [-0.2, -0.15) is 4.98 Å². The number of hydrogen-bond acceptors (Lipinski definition) is 4. The normalized spacial score (nSPS) is 10.9. The van der Waals surface area contributed by atoms with Crippen molar-refractivity contribution < 1.29 is 9.26 Å². The fraction of sp³-hybridized carbons (Fsp3) is 0.667. The van der Waals surface area contributed by atoms with Gasteiger partial charge in [0.25, 0.3) is 11.2 Å². The Morgan fingerprint density at radius 3 is 2.82 bits per heavy atom. The molecule has 1 aromatic rings. The van der Waals surface area contributed by atoms with Crippen LogP contribution in [0.5, 0.6) is 0 Å². The van der Waals surface area contributed by atoms with Crippen molar-refractivity contribution >= 4 is 11.6 Å². The number of halogens is 1. The molecule has 4 nitrogen and oxygen atoms in total. The van der Waals surface area contributed by atoms with Gasteiger partial charge in [-0.05, 0) is 30.6 Å². The van der Waals surface area contributed by atoms with Crippen LogP contribution in [0.2, 0.25) is 5.28 Å². The van der Waals surface area contributed by atoms with Crippen molar-refractivity contribution in [3.05, 3.63) is 11.2 Å². The van der Waals surface area contributed by atoms with Crippen LogP contribution in [0.25, 0.3) is 0 Å². The highest BCUT2D eigenvalue weighted by molar-refractivity contribution is 6.28. The summed E-state index contributed by atoms with van der Waals surface area (Å²) in [5.74, 6) is 0.406. The van der Waals surface area contributed by atoms with Crippen LogP contribution in [-0.2, 0) is 11.3 Å². The van der Waals surface area contributed by atoms with E-state index in [0.29, 0.717) is 12.5 Å². The van der Waals surface area contributed by atoms with Crippen LogP contribution in [0.15, 0.2) is 4.52 Å². The molecule has 0 radical (unpaired) electrons. The molecular weight excluding hydrogens is 168 g/mol. The van der Waals surface area contributed by atoms with Gasteiger partial charge < -0.3 is 9.26 Å². The maximum Gasteiger partial charge on any atom is 0.263 e. The van der Waals surface area contributed by atoms with E-state index < -0.39 is 0 Å². The Morgan fingerprint density at radius 1 is 1.64 bits per heavy atom. The average molecular weight is 177 g/mol. The van der Waals surface area contributed by atoms with Crippen LogP contribution in [-0.4, -0.2) is 16.2 Å². The highest BCUT2D eigenvalue weighted by Crippen LogP contribution is 2.04. The quantitative estimate of drug-likeness (QED) is 0.703. The molecule has 0 saturated heterocycles. The molecule has 0 N–H and O–H groups in total. The molecule has 1 aromatic heterocycles. The maximum absolute atomic E-state index is 5.40. The predicted octanol–water partition coefficient (Wildman–Crippen LogP) is 1.65. The summed E-state index contributed by atoms with van der Waals surface area (Å²) in [6.07, 6.45) is 0.153. The summed E-state index contributed by atoms with van der Waals surface area (Å²) in [5.41, 5.74) is 0. The van der Waals surface area contributed by atoms with Gasteiger partial charge in [-0.3, -0.25) is 0 Å². The minimum absolute atomic E-state index is 0.118. The molecule has 1 heterocycles. The lowest BCUT2D eigenvalue weighted by molar-refractivity contribution is 0.0485. The number of rotatable bonds is 3. The molecular formula is C6H9ClN2O2. The summed E-state index contributed by atoms with van der Waals surface area (Å²) in [7, 11) is 0. The van der Waals surface area contributed by atoms with Crippen LogP contribution in [0.4, 0.5) is 0 Å². The van der Waals surface area contributed by atoms with Crippen molar-refractivity contribution in [2.45, 2.75) is 26.6 Å². The highest BCUT2D eigenvalue weighted by Gasteiger charge is 2.03. The van der Waals surface area contributed by atoms with Gasteiger partial charge in [0.15, 0.2) is 0 Å². The molecule has 0 fully saturated rings. The average Bonchev–Trinajstić information content (AvgIpc) is 2.31. The van der Waals surface area contributed by atoms with Crippen LogP contribution < -0.4 is 0 Å². The van der Waals surface area contributed by atoms with Gasteiger partial charge >= 0.3 is 0 Å². The number of hydrogen-bond donors (Lipinski definition) is 0. The van der Waals surface area contributed by atoms with E-state index in [1.807, 2.05) is 13.8 Å². The molecule has 0 unspecified atom stereocenters. The largest absolute Gasteiger partial charge is 0.369 e. The van der Waals surface area contributed by atoms with E-state index in [1.165, 1.54) is 0 Å². The second kappa shape index (κ2) is 3.69.